The Hall–Kier alpha value is -10.5. The zero-order chi connectivity index (χ0) is 57.4. The van der Waals surface area contributed by atoms with Gasteiger partial charge >= 0.3 is 0 Å². The molecule has 0 amide bonds. The molecule has 2 aliphatic carbocycles. The van der Waals surface area contributed by atoms with Crippen LogP contribution in [0.2, 0.25) is 0 Å². The lowest BCUT2D eigenvalue weighted by molar-refractivity contribution is 0.639. The van der Waals surface area contributed by atoms with E-state index in [0.29, 0.717) is 0 Å². The number of hydrogen-bond acceptors (Lipinski definition) is 0. The second-order valence-electron chi connectivity index (χ2n) is 24.9. The molecule has 406 valence electrons. The zero-order valence-electron chi connectivity index (χ0n) is 48.6. The van der Waals surface area contributed by atoms with Gasteiger partial charge in [-0.2, -0.15) is 0 Å². The lowest BCUT2D eigenvalue weighted by Crippen LogP contribution is -2.19. The standard InChI is InChI=1S/C84H60N2/c1-83(2)75-49-63(57-25-35-65(36-26-57)85-79-41-31-59(53-17-9-5-10-18-53)45-71(79)72-46-60(32-42-80(72)85)54-19-11-6-12-20-54)29-39-67(75)69-51-70-68-40-30-64(50-76(68)84(3,4)78(70)52-77(69)83)58-27-37-66(38-28-58)86-81-43-33-61(55-21-13-7-14-22-55)47-73(81)74-48-62(34-44-82(74)86)56-23-15-8-16-24-56/h5-52H,1-4H3. The first-order valence-electron chi connectivity index (χ1n) is 30.2. The Balaban J connectivity index is 0.684. The summed E-state index contributed by atoms with van der Waals surface area (Å²) in [5, 5.41) is 5.00. The lowest BCUT2D eigenvalue weighted by atomic mass is 9.77. The van der Waals surface area contributed by atoms with E-state index < -0.39 is 0 Å². The summed E-state index contributed by atoms with van der Waals surface area (Å²) in [6.07, 6.45) is 0. The van der Waals surface area contributed by atoms with Crippen molar-refractivity contribution in [3.8, 4) is 100 Å². The summed E-state index contributed by atoms with van der Waals surface area (Å²) in [6.45, 7) is 9.69. The van der Waals surface area contributed by atoms with Gasteiger partial charge in [0.2, 0.25) is 0 Å². The summed E-state index contributed by atoms with van der Waals surface area (Å²) < 4.78 is 4.88. The van der Waals surface area contributed by atoms with Crippen LogP contribution in [0.3, 0.4) is 0 Å². The van der Waals surface area contributed by atoms with Gasteiger partial charge in [-0.25, -0.2) is 0 Å². The Kier molecular flexibility index (Phi) is 11.0. The van der Waals surface area contributed by atoms with Crippen LogP contribution in [0.5, 0.6) is 0 Å². The SMILES string of the molecule is CC1(C)c2cc(-c3ccc(-n4c5ccc(-c6ccccc6)cc5c5cc(-c6ccccc6)ccc54)cc3)ccc2-c2cc3c(cc21)C(C)(C)c1cc(-c2ccc(-n4c5ccc(-c6ccccc6)cc5c5cc(-c6ccccc6)ccc54)cc2)ccc1-3. The van der Waals surface area contributed by atoms with E-state index in [1.165, 1.54) is 155 Å². The van der Waals surface area contributed by atoms with Crippen LogP contribution < -0.4 is 0 Å². The summed E-state index contributed by atoms with van der Waals surface area (Å²) in [7, 11) is 0. The fraction of sp³-hybridized carbons (Fsp3) is 0.0714. The summed E-state index contributed by atoms with van der Waals surface area (Å²) in [5.74, 6) is 0. The highest BCUT2D eigenvalue weighted by atomic mass is 15.0. The van der Waals surface area contributed by atoms with Gasteiger partial charge in [-0.1, -0.05) is 228 Å². The number of rotatable bonds is 8. The average molecular weight is 1100 g/mol. The summed E-state index contributed by atoms with van der Waals surface area (Å²) in [6, 6.07) is 109. The van der Waals surface area contributed by atoms with Gasteiger partial charge in [0, 0.05) is 43.7 Å². The minimum absolute atomic E-state index is 0.182. The summed E-state index contributed by atoms with van der Waals surface area (Å²) in [5.41, 5.74) is 32.4. The van der Waals surface area contributed by atoms with Crippen molar-refractivity contribution < 1.29 is 0 Å². The third kappa shape index (κ3) is 7.72. The van der Waals surface area contributed by atoms with Crippen molar-refractivity contribution in [2.45, 2.75) is 38.5 Å². The van der Waals surface area contributed by atoms with Crippen molar-refractivity contribution in [3.63, 3.8) is 0 Å². The van der Waals surface area contributed by atoms with Crippen LogP contribution in [0.4, 0.5) is 0 Å². The van der Waals surface area contributed by atoms with Crippen LogP contribution in [0.15, 0.2) is 291 Å². The smallest absolute Gasteiger partial charge is 0.0541 e. The van der Waals surface area contributed by atoms with E-state index in [-0.39, 0.29) is 10.8 Å². The molecule has 0 N–H and O–H groups in total. The summed E-state index contributed by atoms with van der Waals surface area (Å²) in [4.78, 5) is 0. The molecule has 0 saturated carbocycles. The van der Waals surface area contributed by atoms with Gasteiger partial charge in [0.15, 0.2) is 0 Å². The van der Waals surface area contributed by atoms with Gasteiger partial charge in [0.05, 0.1) is 22.1 Å². The molecular formula is C84H60N2. The predicted octanol–water partition coefficient (Wildman–Crippen LogP) is 22.5. The van der Waals surface area contributed by atoms with E-state index in [9.17, 15) is 0 Å². The second-order valence-corrected chi connectivity index (χ2v) is 24.9. The van der Waals surface area contributed by atoms with E-state index in [2.05, 4.69) is 328 Å². The Bertz CT molecular complexity index is 4690. The molecule has 2 heterocycles. The van der Waals surface area contributed by atoms with E-state index in [0.717, 1.165) is 11.4 Å². The van der Waals surface area contributed by atoms with Crippen LogP contribution in [-0.4, -0.2) is 9.13 Å². The van der Waals surface area contributed by atoms with Crippen molar-refractivity contribution in [2.24, 2.45) is 0 Å². The number of benzene rings is 13. The van der Waals surface area contributed by atoms with E-state index in [1.54, 1.807) is 0 Å². The zero-order valence-corrected chi connectivity index (χ0v) is 48.6. The molecule has 0 radical (unpaired) electrons. The third-order valence-electron chi connectivity index (χ3n) is 19.3. The number of aromatic nitrogens is 2. The van der Waals surface area contributed by atoms with Crippen LogP contribution in [-0.2, 0) is 10.8 Å². The monoisotopic (exact) mass is 1100 g/mol. The van der Waals surface area contributed by atoms with Crippen molar-refractivity contribution >= 4 is 43.6 Å². The molecule has 2 aromatic heterocycles. The minimum Gasteiger partial charge on any atom is -0.309 e. The highest BCUT2D eigenvalue weighted by molar-refractivity contribution is 6.13. The van der Waals surface area contributed by atoms with Gasteiger partial charge in [-0.15, -0.1) is 0 Å². The minimum atomic E-state index is -0.182. The molecule has 13 aromatic carbocycles. The maximum Gasteiger partial charge on any atom is 0.0541 e. The molecular weight excluding hydrogens is 1040 g/mol. The molecule has 86 heavy (non-hydrogen) atoms. The topological polar surface area (TPSA) is 9.86 Å². The quantitative estimate of drug-likeness (QED) is 0.144. The molecule has 2 heteroatoms. The highest BCUT2D eigenvalue weighted by Crippen LogP contribution is 2.57. The molecule has 15 aromatic rings. The molecule has 2 aliphatic rings. The van der Waals surface area contributed by atoms with Gasteiger partial charge < -0.3 is 9.13 Å². The van der Waals surface area contributed by atoms with Crippen molar-refractivity contribution in [1.29, 1.82) is 0 Å². The number of nitrogens with zero attached hydrogens (tertiary/aromatic N) is 2. The Morgan fingerprint density at radius 1 is 0.198 bits per heavy atom. The van der Waals surface area contributed by atoms with Crippen molar-refractivity contribution in [3.05, 3.63) is 313 Å². The van der Waals surface area contributed by atoms with E-state index in [4.69, 9.17) is 0 Å². The fourth-order valence-electron chi connectivity index (χ4n) is 14.8. The van der Waals surface area contributed by atoms with Crippen molar-refractivity contribution in [2.75, 3.05) is 0 Å². The van der Waals surface area contributed by atoms with E-state index in [1.807, 2.05) is 0 Å². The van der Waals surface area contributed by atoms with Crippen LogP contribution in [0.1, 0.15) is 49.9 Å². The van der Waals surface area contributed by atoms with Gasteiger partial charge in [-0.3, -0.25) is 0 Å². The maximum atomic E-state index is 2.56. The fourth-order valence-corrected chi connectivity index (χ4v) is 14.8. The number of hydrogen-bond donors (Lipinski definition) is 0. The Morgan fingerprint density at radius 3 is 0.744 bits per heavy atom. The van der Waals surface area contributed by atoms with E-state index >= 15 is 0 Å². The molecule has 0 fully saturated rings. The van der Waals surface area contributed by atoms with Crippen molar-refractivity contribution in [1.82, 2.24) is 9.13 Å². The normalized spacial score (nSPS) is 13.5. The van der Waals surface area contributed by atoms with Gasteiger partial charge in [-0.05, 0) is 202 Å². The second kappa shape index (κ2) is 19.0. The lowest BCUT2D eigenvalue weighted by Gasteiger charge is -2.26. The first kappa shape index (κ1) is 50.0. The van der Waals surface area contributed by atoms with Crippen LogP contribution in [0.25, 0.3) is 144 Å². The molecule has 0 spiro atoms. The Morgan fingerprint density at radius 2 is 0.442 bits per heavy atom. The average Bonchev–Trinajstić information content (AvgIpc) is 1.73. The van der Waals surface area contributed by atoms with Gasteiger partial charge in [0.25, 0.3) is 0 Å². The molecule has 17 rings (SSSR count). The van der Waals surface area contributed by atoms with Crippen LogP contribution in [0, 0.1) is 0 Å². The molecule has 0 atom stereocenters. The maximum absolute atomic E-state index is 2.56. The highest BCUT2D eigenvalue weighted by Gasteiger charge is 2.42. The summed E-state index contributed by atoms with van der Waals surface area (Å²) >= 11 is 0. The molecule has 0 saturated heterocycles. The number of fused-ring (bicyclic) bond motifs is 12. The first-order chi connectivity index (χ1) is 42.1. The molecule has 2 nitrogen and oxygen atoms in total. The van der Waals surface area contributed by atoms with Crippen LogP contribution >= 0.6 is 0 Å². The van der Waals surface area contributed by atoms with Gasteiger partial charge in [0.1, 0.15) is 0 Å². The molecule has 0 unspecified atom stereocenters. The molecule has 0 bridgehead atoms. The largest absolute Gasteiger partial charge is 0.309 e. The Labute approximate surface area is 502 Å². The third-order valence-corrected chi connectivity index (χ3v) is 19.3. The predicted molar refractivity (Wildman–Crippen MR) is 363 cm³/mol. The molecule has 0 aliphatic heterocycles. The first-order valence-corrected chi connectivity index (χ1v) is 30.2.